The summed E-state index contributed by atoms with van der Waals surface area (Å²) in [6, 6.07) is 5.02. The molecule has 0 spiro atoms. The van der Waals surface area contributed by atoms with Crippen molar-refractivity contribution < 1.29 is 29.0 Å². The van der Waals surface area contributed by atoms with Gasteiger partial charge in [-0.15, -0.1) is 0 Å². The van der Waals surface area contributed by atoms with E-state index in [0.29, 0.717) is 23.1 Å². The van der Waals surface area contributed by atoms with Gasteiger partial charge in [-0.25, -0.2) is 0 Å². The summed E-state index contributed by atoms with van der Waals surface area (Å²) in [5.41, 5.74) is 1.86. The highest BCUT2D eigenvalue weighted by Crippen LogP contribution is 2.56. The van der Waals surface area contributed by atoms with Crippen LogP contribution in [0, 0.1) is 17.8 Å². The van der Waals surface area contributed by atoms with E-state index >= 15 is 0 Å². The second-order valence-corrected chi connectivity index (χ2v) is 9.38. The minimum absolute atomic E-state index is 0.115. The molecule has 3 aliphatic carbocycles. The van der Waals surface area contributed by atoms with E-state index in [1.165, 1.54) is 20.2 Å². The molecule has 0 aromatic heterocycles. The second kappa shape index (κ2) is 7.27. The van der Waals surface area contributed by atoms with Crippen LogP contribution in [-0.2, 0) is 19.2 Å². The highest BCUT2D eigenvalue weighted by atomic mass is 79.9. The van der Waals surface area contributed by atoms with Gasteiger partial charge in [0.2, 0.25) is 11.8 Å². The number of hydrogen-bond donors (Lipinski definition) is 1. The number of phenolic OH excluding ortho intramolecular Hbond substituents is 1. The van der Waals surface area contributed by atoms with Crippen LogP contribution in [0.1, 0.15) is 24.3 Å². The normalized spacial score (nSPS) is 29.4. The zero-order valence-corrected chi connectivity index (χ0v) is 19.0. The maximum atomic E-state index is 13.1. The summed E-state index contributed by atoms with van der Waals surface area (Å²) < 4.78 is 5.43. The van der Waals surface area contributed by atoms with Crippen molar-refractivity contribution in [2.75, 3.05) is 14.2 Å². The number of ketones is 2. The number of hydrogen-bond acceptors (Lipinski definition) is 6. The number of methoxy groups -OCH3 is 1. The van der Waals surface area contributed by atoms with Crippen molar-refractivity contribution in [2.45, 2.75) is 18.8 Å². The van der Waals surface area contributed by atoms with Gasteiger partial charge in [-0.1, -0.05) is 23.8 Å². The monoisotopic (exact) mass is 497 g/mol. The van der Waals surface area contributed by atoms with Crippen LogP contribution in [0.4, 0.5) is 0 Å². The molecule has 32 heavy (non-hydrogen) atoms. The number of para-hydroxylation sites is 1. The number of ether oxygens (including phenoxy) is 1. The molecule has 0 radical (unpaired) electrons. The Morgan fingerprint density at radius 2 is 1.88 bits per heavy atom. The summed E-state index contributed by atoms with van der Waals surface area (Å²) in [6.07, 6.45) is 3.74. The summed E-state index contributed by atoms with van der Waals surface area (Å²) in [5, 5.41) is 10.9. The topological polar surface area (TPSA) is 101 Å². The lowest BCUT2D eigenvalue weighted by molar-refractivity contribution is -0.138. The van der Waals surface area contributed by atoms with Gasteiger partial charge in [-0.2, -0.15) is 0 Å². The number of aromatic hydroxyl groups is 1. The van der Waals surface area contributed by atoms with Crippen molar-refractivity contribution in [3.05, 3.63) is 57.1 Å². The number of imide groups is 1. The first-order valence-corrected chi connectivity index (χ1v) is 11.1. The number of Topliss-reactive ketones (excluding diaryl/α,β-unsaturated/α-hetero) is 1. The van der Waals surface area contributed by atoms with Gasteiger partial charge in [0.1, 0.15) is 0 Å². The van der Waals surface area contributed by atoms with Gasteiger partial charge in [-0.3, -0.25) is 24.1 Å². The van der Waals surface area contributed by atoms with E-state index < -0.39 is 23.7 Å². The number of carbonyl (C=O) groups is 4. The number of benzene rings is 1. The highest BCUT2D eigenvalue weighted by molar-refractivity contribution is 9.12. The molecule has 1 aliphatic heterocycles. The van der Waals surface area contributed by atoms with Gasteiger partial charge >= 0.3 is 0 Å². The molecular weight excluding hydrogens is 478 g/mol. The number of rotatable bonds is 2. The molecule has 5 rings (SSSR count). The molecule has 1 N–H and O–H groups in total. The standard InChI is InChI=1S/C24H20BrNO6/c1-26-23(30)12-7-6-10-13(19(12)24(26)31)8-14-20(16(27)9-15(25)21(14)28)18(10)11-4-3-5-17(32-2)22(11)29/h3-6,9,12-13,18-19,29H,7-8H2,1-2H3/t12-,13+,18+,19-/m0/s1. The quantitative estimate of drug-likeness (QED) is 0.383. The lowest BCUT2D eigenvalue weighted by Gasteiger charge is -2.42. The molecule has 4 aliphatic rings. The molecule has 1 fully saturated rings. The van der Waals surface area contributed by atoms with Crippen LogP contribution in [0.2, 0.25) is 0 Å². The van der Waals surface area contributed by atoms with E-state index in [1.54, 1.807) is 18.2 Å². The number of fused-ring (bicyclic) bond motifs is 3. The molecule has 0 unspecified atom stereocenters. The van der Waals surface area contributed by atoms with E-state index in [1.807, 2.05) is 6.08 Å². The fourth-order valence-electron chi connectivity index (χ4n) is 5.66. The maximum Gasteiger partial charge on any atom is 0.233 e. The summed E-state index contributed by atoms with van der Waals surface area (Å²) in [4.78, 5) is 53.0. The molecule has 1 heterocycles. The highest BCUT2D eigenvalue weighted by Gasteiger charge is 2.55. The van der Waals surface area contributed by atoms with Gasteiger partial charge < -0.3 is 9.84 Å². The Labute approximate surface area is 192 Å². The van der Waals surface area contributed by atoms with Crippen LogP contribution in [0.5, 0.6) is 11.5 Å². The smallest absolute Gasteiger partial charge is 0.233 e. The average molecular weight is 498 g/mol. The predicted molar refractivity (Wildman–Crippen MR) is 117 cm³/mol. The molecule has 1 aromatic carbocycles. The molecule has 1 saturated heterocycles. The minimum Gasteiger partial charge on any atom is -0.504 e. The zero-order chi connectivity index (χ0) is 22.9. The van der Waals surface area contributed by atoms with E-state index in [4.69, 9.17) is 4.74 Å². The molecule has 7 nitrogen and oxygen atoms in total. The van der Waals surface area contributed by atoms with Crippen molar-refractivity contribution >= 4 is 39.3 Å². The van der Waals surface area contributed by atoms with E-state index in [9.17, 15) is 24.3 Å². The van der Waals surface area contributed by atoms with Gasteiger partial charge in [-0.05, 0) is 40.8 Å². The van der Waals surface area contributed by atoms with Crippen molar-refractivity contribution in [1.29, 1.82) is 0 Å². The molecule has 0 saturated carbocycles. The average Bonchev–Trinajstić information content (AvgIpc) is 3.00. The summed E-state index contributed by atoms with van der Waals surface area (Å²) in [7, 11) is 2.92. The maximum absolute atomic E-state index is 13.1. The van der Waals surface area contributed by atoms with Gasteiger partial charge in [0.05, 0.1) is 23.4 Å². The van der Waals surface area contributed by atoms with Crippen molar-refractivity contribution in [3.8, 4) is 11.5 Å². The zero-order valence-electron chi connectivity index (χ0n) is 17.4. The van der Waals surface area contributed by atoms with Gasteiger partial charge in [0.25, 0.3) is 0 Å². The summed E-state index contributed by atoms with van der Waals surface area (Å²) >= 11 is 3.19. The first kappa shape index (κ1) is 20.9. The summed E-state index contributed by atoms with van der Waals surface area (Å²) in [6.45, 7) is 0. The van der Waals surface area contributed by atoms with E-state index in [0.717, 1.165) is 10.5 Å². The van der Waals surface area contributed by atoms with Crippen LogP contribution in [0.25, 0.3) is 0 Å². The number of likely N-dealkylation sites (tertiary alicyclic amines) is 1. The fourth-order valence-corrected chi connectivity index (χ4v) is 6.10. The third-order valence-electron chi connectivity index (χ3n) is 7.11. The molecular formula is C24H20BrNO6. The fraction of sp³-hybridized carbons (Fsp3) is 0.333. The van der Waals surface area contributed by atoms with Crippen LogP contribution in [0.15, 0.2) is 51.6 Å². The van der Waals surface area contributed by atoms with Crippen LogP contribution < -0.4 is 4.74 Å². The Bertz CT molecular complexity index is 1210. The molecule has 164 valence electrons. The molecule has 1 aromatic rings. The van der Waals surface area contributed by atoms with E-state index in [-0.39, 0.29) is 45.8 Å². The third kappa shape index (κ3) is 2.71. The van der Waals surface area contributed by atoms with Gasteiger partial charge in [0.15, 0.2) is 23.1 Å². The number of nitrogens with zero attached hydrogens (tertiary/aromatic N) is 1. The molecule has 4 atom stereocenters. The Morgan fingerprint density at radius 3 is 2.59 bits per heavy atom. The van der Waals surface area contributed by atoms with Gasteiger partial charge in [0, 0.05) is 35.8 Å². The summed E-state index contributed by atoms with van der Waals surface area (Å²) in [5.74, 6) is -3.17. The number of halogens is 1. The minimum atomic E-state index is -0.707. The van der Waals surface area contributed by atoms with Crippen LogP contribution in [0.3, 0.4) is 0 Å². The van der Waals surface area contributed by atoms with Crippen LogP contribution >= 0.6 is 15.9 Å². The predicted octanol–water partition coefficient (Wildman–Crippen LogP) is 2.79. The van der Waals surface area contributed by atoms with Crippen molar-refractivity contribution in [2.24, 2.45) is 17.8 Å². The Balaban J connectivity index is 1.74. The Hall–Kier alpha value is -3.00. The van der Waals surface area contributed by atoms with Crippen molar-refractivity contribution in [1.82, 2.24) is 4.90 Å². The Kier molecular flexibility index (Phi) is 4.74. The number of allylic oxidation sites excluding steroid dienone is 6. The molecule has 2 amide bonds. The lowest BCUT2D eigenvalue weighted by Crippen LogP contribution is -2.39. The Morgan fingerprint density at radius 1 is 1.12 bits per heavy atom. The van der Waals surface area contributed by atoms with Crippen molar-refractivity contribution in [3.63, 3.8) is 0 Å². The molecule has 0 bridgehead atoms. The lowest BCUT2D eigenvalue weighted by atomic mass is 9.59. The van der Waals surface area contributed by atoms with E-state index in [2.05, 4.69) is 15.9 Å². The molecule has 8 heteroatoms. The number of amides is 2. The first-order valence-electron chi connectivity index (χ1n) is 10.3. The van der Waals surface area contributed by atoms with Crippen LogP contribution in [-0.4, -0.2) is 47.5 Å². The second-order valence-electron chi connectivity index (χ2n) is 8.53. The number of phenols is 1. The largest absolute Gasteiger partial charge is 0.504 e. The first-order chi connectivity index (χ1) is 15.3. The SMILES string of the molecule is COc1cccc([C@H]2C3=CC[C@@H]4C(=O)N(C)C(=O)[C@@H]4[C@@H]3CC3=C2C(=O)C=C(Br)C3=O)c1O. The number of carbonyl (C=O) groups excluding carboxylic acids is 4. The third-order valence-corrected chi connectivity index (χ3v) is 7.70.